The van der Waals surface area contributed by atoms with Crippen molar-refractivity contribution in [1.29, 1.82) is 0 Å². The first-order chi connectivity index (χ1) is 9.61. The van der Waals surface area contributed by atoms with Gasteiger partial charge in [0.15, 0.2) is 0 Å². The second-order valence-electron chi connectivity index (χ2n) is 4.70. The van der Waals surface area contributed by atoms with E-state index >= 15 is 0 Å². The predicted octanol–water partition coefficient (Wildman–Crippen LogP) is 2.97. The highest BCUT2D eigenvalue weighted by atomic mass is 32.1. The molecule has 2 heterocycles. The molecule has 0 radical (unpaired) electrons. The van der Waals surface area contributed by atoms with E-state index < -0.39 is 24.2 Å². The van der Waals surface area contributed by atoms with Crippen LogP contribution in [0.4, 0.5) is 18.2 Å². The van der Waals surface area contributed by atoms with Crippen LogP contribution < -0.4 is 5.32 Å². The molecule has 0 saturated heterocycles. The summed E-state index contributed by atoms with van der Waals surface area (Å²) in [5.41, 5.74) is 0.144. The number of carbonyl (C=O) groups is 2. The van der Waals surface area contributed by atoms with Crippen molar-refractivity contribution >= 4 is 28.2 Å². The fourth-order valence-corrected chi connectivity index (χ4v) is 3.45. The number of halogens is 3. The summed E-state index contributed by atoms with van der Waals surface area (Å²) in [6, 6.07) is 0. The van der Waals surface area contributed by atoms with Crippen molar-refractivity contribution in [3.8, 4) is 0 Å². The molecule has 2 atom stereocenters. The number of thiophene rings is 1. The van der Waals surface area contributed by atoms with Gasteiger partial charge in [-0.25, -0.2) is 4.79 Å². The summed E-state index contributed by atoms with van der Waals surface area (Å²) in [4.78, 5) is 22.9. The number of carbonyl (C=O) groups excluding carboxylic acids is 1. The molecule has 1 aromatic rings. The lowest BCUT2D eigenvalue weighted by Gasteiger charge is -2.25. The molecule has 2 N–H and O–H groups in total. The normalized spacial score (nSPS) is 21.8. The predicted molar refractivity (Wildman–Crippen MR) is 68.6 cm³/mol. The van der Waals surface area contributed by atoms with Crippen LogP contribution in [0.15, 0.2) is 0 Å². The van der Waals surface area contributed by atoms with Crippen LogP contribution >= 0.6 is 11.3 Å². The van der Waals surface area contributed by atoms with Gasteiger partial charge >= 0.3 is 18.1 Å². The fourth-order valence-electron chi connectivity index (χ4n) is 2.25. The standard InChI is InChI=1S/C12H12F3NO4S/c1-4-3-6-7(10(17)18)9(16-11(19)12(13,14)15)21-8(6)5(2)20-4/h4-5H,3H2,1-2H3,(H,16,19)(H,17,18). The molecule has 2 rings (SSSR count). The molecule has 1 aliphatic rings. The maximum Gasteiger partial charge on any atom is 0.471 e. The van der Waals surface area contributed by atoms with Gasteiger partial charge in [-0.1, -0.05) is 0 Å². The molecule has 9 heteroatoms. The van der Waals surface area contributed by atoms with Crippen LogP contribution in [-0.2, 0) is 16.0 Å². The van der Waals surface area contributed by atoms with Crippen LogP contribution in [-0.4, -0.2) is 29.3 Å². The van der Waals surface area contributed by atoms with Gasteiger partial charge in [0, 0.05) is 11.3 Å². The van der Waals surface area contributed by atoms with E-state index in [1.165, 1.54) is 0 Å². The zero-order chi connectivity index (χ0) is 15.9. The Morgan fingerprint density at radius 1 is 1.38 bits per heavy atom. The van der Waals surface area contributed by atoms with Gasteiger partial charge in [-0.05, 0) is 19.4 Å². The van der Waals surface area contributed by atoms with E-state index in [-0.39, 0.29) is 23.1 Å². The summed E-state index contributed by atoms with van der Waals surface area (Å²) in [5, 5.41) is 10.6. The lowest BCUT2D eigenvalue weighted by Crippen LogP contribution is -2.30. The second-order valence-corrected chi connectivity index (χ2v) is 5.75. The second kappa shape index (κ2) is 5.30. The summed E-state index contributed by atoms with van der Waals surface area (Å²) < 4.78 is 42.4. The minimum Gasteiger partial charge on any atom is -0.478 e. The number of fused-ring (bicyclic) bond motifs is 1. The molecular formula is C12H12F3NO4S. The van der Waals surface area contributed by atoms with E-state index in [4.69, 9.17) is 4.74 Å². The van der Waals surface area contributed by atoms with Crippen LogP contribution in [0, 0.1) is 0 Å². The monoisotopic (exact) mass is 323 g/mol. The summed E-state index contributed by atoms with van der Waals surface area (Å²) >= 11 is 0.807. The number of carboxylic acid groups (broad SMARTS) is 1. The van der Waals surface area contributed by atoms with Gasteiger partial charge < -0.3 is 15.2 Å². The van der Waals surface area contributed by atoms with Gasteiger partial charge in [-0.2, -0.15) is 13.2 Å². The Labute approximate surface area is 121 Å². The Kier molecular flexibility index (Phi) is 3.98. The number of nitrogens with one attached hydrogen (secondary N) is 1. The quantitative estimate of drug-likeness (QED) is 0.877. The van der Waals surface area contributed by atoms with Crippen molar-refractivity contribution in [2.75, 3.05) is 5.32 Å². The van der Waals surface area contributed by atoms with Crippen LogP contribution in [0.2, 0.25) is 0 Å². The Balaban J connectivity index is 2.46. The number of alkyl halides is 3. The maximum absolute atomic E-state index is 12.3. The van der Waals surface area contributed by atoms with E-state index in [1.54, 1.807) is 19.2 Å². The van der Waals surface area contributed by atoms with Crippen molar-refractivity contribution in [2.24, 2.45) is 0 Å². The number of carboxylic acids is 1. The largest absolute Gasteiger partial charge is 0.478 e. The molecule has 21 heavy (non-hydrogen) atoms. The van der Waals surface area contributed by atoms with Crippen LogP contribution in [0.25, 0.3) is 0 Å². The van der Waals surface area contributed by atoms with Crippen molar-refractivity contribution in [1.82, 2.24) is 0 Å². The van der Waals surface area contributed by atoms with E-state index in [9.17, 15) is 27.9 Å². The lowest BCUT2D eigenvalue weighted by molar-refractivity contribution is -0.167. The van der Waals surface area contributed by atoms with Gasteiger partial charge in [0.2, 0.25) is 0 Å². The number of ether oxygens (including phenoxy) is 1. The zero-order valence-electron chi connectivity index (χ0n) is 11.1. The molecule has 1 aromatic heterocycles. The van der Waals surface area contributed by atoms with Gasteiger partial charge in [-0.3, -0.25) is 4.79 Å². The molecule has 1 aliphatic heterocycles. The molecule has 1 amide bonds. The summed E-state index contributed by atoms with van der Waals surface area (Å²) in [5.74, 6) is -3.56. The number of anilines is 1. The van der Waals surface area contributed by atoms with Gasteiger partial charge in [0.1, 0.15) is 5.00 Å². The maximum atomic E-state index is 12.3. The number of hydrogen-bond acceptors (Lipinski definition) is 4. The highest BCUT2D eigenvalue weighted by Gasteiger charge is 2.41. The average molecular weight is 323 g/mol. The first-order valence-corrected chi connectivity index (χ1v) is 6.85. The van der Waals surface area contributed by atoms with Crippen molar-refractivity contribution in [2.45, 2.75) is 38.7 Å². The first kappa shape index (κ1) is 15.8. The third-order valence-electron chi connectivity index (χ3n) is 3.03. The Morgan fingerprint density at radius 2 is 2.00 bits per heavy atom. The van der Waals surface area contributed by atoms with E-state index in [2.05, 4.69) is 0 Å². The molecule has 116 valence electrons. The Bertz CT molecular complexity index is 596. The van der Waals surface area contributed by atoms with Crippen molar-refractivity contribution < 1.29 is 32.6 Å². The average Bonchev–Trinajstić information content (AvgIpc) is 2.66. The van der Waals surface area contributed by atoms with Crippen LogP contribution in [0.1, 0.15) is 40.8 Å². The molecule has 0 spiro atoms. The number of rotatable bonds is 2. The SMILES string of the molecule is CC1Cc2c(sc(NC(=O)C(F)(F)F)c2C(=O)O)C(C)O1. The topological polar surface area (TPSA) is 75.6 Å². The van der Waals surface area contributed by atoms with Crippen LogP contribution in [0.3, 0.4) is 0 Å². The highest BCUT2D eigenvalue weighted by Crippen LogP contribution is 2.43. The fraction of sp³-hybridized carbons (Fsp3) is 0.500. The van der Waals surface area contributed by atoms with Gasteiger partial charge in [-0.15, -0.1) is 11.3 Å². The molecule has 0 saturated carbocycles. The molecule has 2 unspecified atom stereocenters. The van der Waals surface area contributed by atoms with Gasteiger partial charge in [0.05, 0.1) is 17.8 Å². The molecular weight excluding hydrogens is 311 g/mol. The highest BCUT2D eigenvalue weighted by molar-refractivity contribution is 7.17. The first-order valence-electron chi connectivity index (χ1n) is 6.03. The zero-order valence-corrected chi connectivity index (χ0v) is 11.9. The Hall–Kier alpha value is -1.61. The number of aromatic carboxylic acids is 1. The van der Waals surface area contributed by atoms with E-state index in [0.717, 1.165) is 11.3 Å². The number of amides is 1. The molecule has 0 aromatic carbocycles. The summed E-state index contributed by atoms with van der Waals surface area (Å²) in [6.07, 6.45) is -5.47. The minimum atomic E-state index is -5.07. The van der Waals surface area contributed by atoms with Gasteiger partial charge in [0.25, 0.3) is 0 Å². The van der Waals surface area contributed by atoms with E-state index in [0.29, 0.717) is 10.4 Å². The smallest absolute Gasteiger partial charge is 0.471 e. The van der Waals surface area contributed by atoms with Crippen LogP contribution in [0.5, 0.6) is 0 Å². The molecule has 5 nitrogen and oxygen atoms in total. The molecule has 0 aliphatic carbocycles. The summed E-state index contributed by atoms with van der Waals surface area (Å²) in [6.45, 7) is 3.43. The van der Waals surface area contributed by atoms with Crippen molar-refractivity contribution in [3.05, 3.63) is 16.0 Å². The molecule has 0 fully saturated rings. The summed E-state index contributed by atoms with van der Waals surface area (Å²) in [7, 11) is 0. The number of hydrogen-bond donors (Lipinski definition) is 2. The van der Waals surface area contributed by atoms with Crippen molar-refractivity contribution in [3.63, 3.8) is 0 Å². The minimum absolute atomic E-state index is 0.244. The van der Waals surface area contributed by atoms with E-state index in [1.807, 2.05) is 0 Å². The third-order valence-corrected chi connectivity index (χ3v) is 4.34. The third kappa shape index (κ3) is 3.03. The lowest BCUT2D eigenvalue weighted by atomic mass is 9.99. The Morgan fingerprint density at radius 3 is 2.52 bits per heavy atom. The molecule has 0 bridgehead atoms.